The number of hydrogen-bond donors (Lipinski definition) is 4. The first-order valence-corrected chi connectivity index (χ1v) is 22.6. The number of nitrogens with zero attached hydrogens (tertiary/aromatic N) is 5. The third-order valence-corrected chi connectivity index (χ3v) is 14.7. The number of aliphatic hydroxyl groups is 1. The number of anilines is 4. The zero-order valence-electron chi connectivity index (χ0n) is 35.2. The molecule has 2 amide bonds. The van der Waals surface area contributed by atoms with Crippen LogP contribution in [0.1, 0.15) is 75.3 Å². The fraction of sp³-hybridized carbons (Fsp3) is 0.571. The van der Waals surface area contributed by atoms with E-state index in [1.807, 2.05) is 4.90 Å². The Bertz CT molecular complexity index is 2360. The number of aromatic nitrogens is 2. The summed E-state index contributed by atoms with van der Waals surface area (Å²) < 4.78 is 130. The van der Waals surface area contributed by atoms with Crippen molar-refractivity contribution in [3.8, 4) is 0 Å². The van der Waals surface area contributed by atoms with Crippen LogP contribution >= 0.6 is 0 Å². The Kier molecular flexibility index (Phi) is 12.4. The van der Waals surface area contributed by atoms with Gasteiger partial charge in [-0.05, 0) is 82.2 Å². The van der Waals surface area contributed by atoms with Gasteiger partial charge < -0.3 is 29.7 Å². The van der Waals surface area contributed by atoms with Gasteiger partial charge in [-0.15, -0.1) is 0 Å². The van der Waals surface area contributed by atoms with E-state index in [-0.39, 0.29) is 60.7 Å². The second-order valence-corrected chi connectivity index (χ2v) is 19.6. The van der Waals surface area contributed by atoms with Crippen molar-refractivity contribution < 1.29 is 58.9 Å². The number of piperazine rings is 1. The predicted octanol–water partition coefficient (Wildman–Crippen LogP) is 4.73. The highest BCUT2D eigenvalue weighted by Crippen LogP contribution is 2.46. The van der Waals surface area contributed by atoms with Crippen molar-refractivity contribution in [2.45, 2.75) is 98.1 Å². The molecule has 64 heavy (non-hydrogen) atoms. The number of ether oxygens (including phenoxy) is 2. The maximum absolute atomic E-state index is 15.5. The number of sulfonamides is 1. The first-order valence-electron chi connectivity index (χ1n) is 21.1. The molecule has 5 aliphatic heterocycles. The Labute approximate surface area is 365 Å². The number of methoxy groups -OCH3 is 1. The van der Waals surface area contributed by atoms with E-state index in [9.17, 15) is 36.3 Å². The van der Waals surface area contributed by atoms with Crippen LogP contribution in [0.4, 0.5) is 49.5 Å². The molecule has 2 aromatic carbocycles. The van der Waals surface area contributed by atoms with E-state index < -0.39 is 79.5 Å². The molecule has 6 heterocycles. The average molecular weight is 925 g/mol. The Morgan fingerprint density at radius 3 is 2.36 bits per heavy atom. The summed E-state index contributed by atoms with van der Waals surface area (Å²) in [6.07, 6.45) is -1.52. The molecule has 1 unspecified atom stereocenters. The molecule has 0 radical (unpaired) electrons. The summed E-state index contributed by atoms with van der Waals surface area (Å²) in [6.45, 7) is 3.77. The number of alkyl halides is 3. The summed E-state index contributed by atoms with van der Waals surface area (Å²) in [5, 5.41) is 15.2. The minimum absolute atomic E-state index is 0.0128. The van der Waals surface area contributed by atoms with Crippen LogP contribution in [0.15, 0.2) is 41.4 Å². The molecule has 1 aromatic heterocycles. The number of β-amino-alcohol motifs (C(OH)–C–C–N with tert-alkyl or cyclic N) is 1. The number of fused-ring (bicyclic) bond motifs is 3. The monoisotopic (exact) mass is 924 g/mol. The lowest BCUT2D eigenvalue weighted by molar-refractivity contribution is -0.171. The van der Waals surface area contributed by atoms with Gasteiger partial charge in [-0.3, -0.25) is 19.8 Å². The third kappa shape index (κ3) is 9.53. The van der Waals surface area contributed by atoms with E-state index >= 15 is 13.2 Å². The minimum Gasteiger partial charge on any atom is -0.388 e. The molecule has 4 N–H and O–H groups in total. The van der Waals surface area contributed by atoms with Crippen LogP contribution in [0.5, 0.6) is 0 Å². The summed E-state index contributed by atoms with van der Waals surface area (Å²) >= 11 is 0. The second-order valence-electron chi connectivity index (χ2n) is 17.9. The van der Waals surface area contributed by atoms with Gasteiger partial charge in [0.1, 0.15) is 28.8 Å². The molecule has 1 aliphatic carbocycles. The molecule has 15 nitrogen and oxygen atoms in total. The van der Waals surface area contributed by atoms with Crippen LogP contribution in [-0.4, -0.2) is 123 Å². The van der Waals surface area contributed by atoms with Crippen LogP contribution < -0.4 is 25.2 Å². The average Bonchev–Trinajstić information content (AvgIpc) is 3.22. The van der Waals surface area contributed by atoms with E-state index in [1.54, 1.807) is 7.11 Å². The molecule has 3 atom stereocenters. The van der Waals surface area contributed by atoms with Crippen molar-refractivity contribution in [2.75, 3.05) is 74.7 Å². The summed E-state index contributed by atoms with van der Waals surface area (Å²) in [5.41, 5.74) is -4.25. The summed E-state index contributed by atoms with van der Waals surface area (Å²) in [6, 6.07) is 5.33. The highest BCUT2D eigenvalue weighted by atomic mass is 32.2. The highest BCUT2D eigenvalue weighted by Gasteiger charge is 2.53. The number of amides is 2. The van der Waals surface area contributed by atoms with Crippen LogP contribution in [0.3, 0.4) is 0 Å². The Morgan fingerprint density at radius 2 is 1.73 bits per heavy atom. The lowest BCUT2D eigenvalue weighted by atomic mass is 9.71. The Balaban J connectivity index is 0.893. The third-order valence-electron chi connectivity index (χ3n) is 13.1. The van der Waals surface area contributed by atoms with Gasteiger partial charge in [0.25, 0.3) is 0 Å². The first-order chi connectivity index (χ1) is 30.2. The van der Waals surface area contributed by atoms with Gasteiger partial charge in [0, 0.05) is 70.2 Å². The van der Waals surface area contributed by atoms with Crippen LogP contribution in [0, 0.1) is 17.5 Å². The standard InChI is InChI=1S/C42H50F6N8O7S/c1-39(59)8-3-13-56(22-39)36-29(42(46,47)48)19-49-38(52-36)50-33-6-4-27(18-30(33)43)64(60,61)53-40-9-11-41(12-10-40,63-24-40)23-55-15-14-54(20-26(55)21-62-2)25-16-31(44)35(32(45)17-25)28-5-7-34(57)51-37(28)58/h4,6,16-19,26,28,53,59H,3,5,7-15,20-24H2,1-2H3,(H,49,50,52)(H,51,57,58)/t26-,28?,39+,40?,41?/m1/s1. The van der Waals surface area contributed by atoms with E-state index in [0.717, 1.165) is 12.1 Å². The number of halogens is 6. The highest BCUT2D eigenvalue weighted by molar-refractivity contribution is 7.89. The van der Waals surface area contributed by atoms with E-state index in [2.05, 4.69) is 30.2 Å². The molecule has 2 bridgehead atoms. The van der Waals surface area contributed by atoms with Crippen LogP contribution in [-0.2, 0) is 35.3 Å². The van der Waals surface area contributed by atoms with Crippen LogP contribution in [0.2, 0.25) is 0 Å². The maximum atomic E-state index is 15.5. The van der Waals surface area contributed by atoms with E-state index in [4.69, 9.17) is 9.47 Å². The summed E-state index contributed by atoms with van der Waals surface area (Å²) in [7, 11) is -2.73. The molecule has 5 saturated heterocycles. The van der Waals surface area contributed by atoms with Gasteiger partial charge in [0.15, 0.2) is 0 Å². The maximum Gasteiger partial charge on any atom is 0.421 e. The number of carbonyl (C=O) groups is 2. The number of imide groups is 1. The van der Waals surface area contributed by atoms with Crippen molar-refractivity contribution in [2.24, 2.45) is 0 Å². The molecule has 348 valence electrons. The van der Waals surface area contributed by atoms with Crippen molar-refractivity contribution >= 4 is 45.0 Å². The molecular formula is C42H50F6N8O7S. The van der Waals surface area contributed by atoms with Gasteiger partial charge in [-0.1, -0.05) is 0 Å². The van der Waals surface area contributed by atoms with Crippen molar-refractivity contribution in [3.63, 3.8) is 0 Å². The molecule has 0 spiro atoms. The van der Waals surface area contributed by atoms with Gasteiger partial charge in [-0.25, -0.2) is 31.3 Å². The summed E-state index contributed by atoms with van der Waals surface area (Å²) in [4.78, 5) is 36.7. The second kappa shape index (κ2) is 17.3. The number of nitrogens with one attached hydrogen (secondary N) is 3. The van der Waals surface area contributed by atoms with Crippen LogP contribution in [0.25, 0.3) is 0 Å². The molecule has 3 aromatic rings. The largest absolute Gasteiger partial charge is 0.421 e. The van der Waals surface area contributed by atoms with Gasteiger partial charge >= 0.3 is 6.18 Å². The summed E-state index contributed by atoms with van der Waals surface area (Å²) in [5.74, 6) is -5.89. The number of carbonyl (C=O) groups excluding carboxylic acids is 2. The number of benzene rings is 2. The van der Waals surface area contributed by atoms with Crippen molar-refractivity contribution in [1.82, 2.24) is 24.9 Å². The quantitative estimate of drug-likeness (QED) is 0.145. The molecule has 6 fully saturated rings. The SMILES string of the molecule is COC[C@H]1CN(c2cc(F)c(C3CCC(=O)NC3=O)c(F)c2)CCN1CC12CCC(NS(=O)(=O)c3ccc(Nc4ncc(C(F)(F)F)c(N5CCC[C@](C)(O)C5)n4)c(F)c3)(CC1)CO2. The Hall–Kier alpha value is -4.61. The Morgan fingerprint density at radius 1 is 1.00 bits per heavy atom. The fourth-order valence-electron chi connectivity index (χ4n) is 9.71. The molecule has 1 saturated carbocycles. The zero-order valence-corrected chi connectivity index (χ0v) is 36.1. The molecule has 6 aliphatic rings. The molecular weight excluding hydrogens is 875 g/mol. The zero-order chi connectivity index (χ0) is 45.8. The number of rotatable bonds is 12. The first kappa shape index (κ1) is 45.9. The fourth-order valence-corrected chi connectivity index (χ4v) is 11.2. The van der Waals surface area contributed by atoms with E-state index in [0.29, 0.717) is 83.2 Å². The predicted molar refractivity (Wildman–Crippen MR) is 220 cm³/mol. The van der Waals surface area contributed by atoms with Gasteiger partial charge in [-0.2, -0.15) is 18.2 Å². The van der Waals surface area contributed by atoms with Crippen molar-refractivity contribution in [3.05, 3.63) is 65.1 Å². The number of piperidine rings is 2. The van der Waals surface area contributed by atoms with Crippen molar-refractivity contribution in [1.29, 1.82) is 0 Å². The molecule has 22 heteroatoms. The van der Waals surface area contributed by atoms with Gasteiger partial charge in [0.2, 0.25) is 27.8 Å². The smallest absolute Gasteiger partial charge is 0.388 e. The topological polar surface area (TPSA) is 179 Å². The lowest BCUT2D eigenvalue weighted by Crippen LogP contribution is -2.67. The number of hydrogen-bond acceptors (Lipinski definition) is 13. The molecule has 9 rings (SSSR count). The lowest BCUT2D eigenvalue weighted by Gasteiger charge is -2.55. The normalized spacial score (nSPS) is 28.1. The minimum atomic E-state index is -4.80. The van der Waals surface area contributed by atoms with E-state index in [1.165, 1.54) is 30.0 Å². The van der Waals surface area contributed by atoms with Gasteiger partial charge in [0.05, 0.1) is 52.5 Å².